The van der Waals surface area contributed by atoms with Crippen molar-refractivity contribution < 1.29 is 4.74 Å². The van der Waals surface area contributed by atoms with Crippen LogP contribution in [0, 0.1) is 0 Å². The van der Waals surface area contributed by atoms with Gasteiger partial charge >= 0.3 is 0 Å². The highest BCUT2D eigenvalue weighted by Gasteiger charge is 2.02. The largest absolute Gasteiger partial charge is 0.493 e. The average Bonchev–Trinajstić information content (AvgIpc) is 2.77. The Morgan fingerprint density at radius 3 is 2.89 bits per heavy atom. The number of rotatable bonds is 5. The third kappa shape index (κ3) is 3.59. The average molecular weight is 374 g/mol. The number of ether oxygens (including phenoxy) is 1. The van der Waals surface area contributed by atoms with Crippen molar-refractivity contribution in [2.75, 3.05) is 6.61 Å². The fourth-order valence-corrected chi connectivity index (χ4v) is 2.86. The molecule has 0 unspecified atom stereocenters. The third-order valence-corrected chi connectivity index (χ3v) is 3.96. The van der Waals surface area contributed by atoms with Crippen molar-refractivity contribution in [3.8, 4) is 5.75 Å². The van der Waals surface area contributed by atoms with Gasteiger partial charge in [-0.1, -0.05) is 31.9 Å². The molecule has 0 bridgehead atoms. The van der Waals surface area contributed by atoms with Crippen LogP contribution in [0.1, 0.15) is 11.1 Å². The maximum Gasteiger partial charge on any atom is 0.119 e. The molecule has 0 amide bonds. The van der Waals surface area contributed by atoms with Crippen LogP contribution in [0.4, 0.5) is 0 Å². The van der Waals surface area contributed by atoms with E-state index in [2.05, 4.69) is 37.0 Å². The third-order valence-electron chi connectivity index (χ3n) is 2.58. The zero-order chi connectivity index (χ0) is 13.0. The van der Waals surface area contributed by atoms with Gasteiger partial charge in [0.1, 0.15) is 5.75 Å². The summed E-state index contributed by atoms with van der Waals surface area (Å²) in [4.78, 5) is 0. The summed E-state index contributed by atoms with van der Waals surface area (Å²) in [6, 6.07) is 6.03. The Hall–Kier alpha value is -0.810. The molecule has 0 aliphatic carbocycles. The van der Waals surface area contributed by atoms with Gasteiger partial charge in [-0.05, 0) is 29.3 Å². The lowest BCUT2D eigenvalue weighted by Crippen LogP contribution is -2.01. The molecule has 0 atom stereocenters. The summed E-state index contributed by atoms with van der Waals surface area (Å²) in [5.41, 5.74) is 2.38. The van der Waals surface area contributed by atoms with Gasteiger partial charge in [0, 0.05) is 29.5 Å². The Bertz CT molecular complexity index is 525. The molecule has 96 valence electrons. The van der Waals surface area contributed by atoms with Gasteiger partial charge in [-0.2, -0.15) is 5.10 Å². The van der Waals surface area contributed by atoms with E-state index in [-0.39, 0.29) is 0 Å². The molecule has 1 aromatic heterocycles. The second kappa shape index (κ2) is 6.38. The predicted molar refractivity (Wildman–Crippen MR) is 79.2 cm³/mol. The van der Waals surface area contributed by atoms with Gasteiger partial charge < -0.3 is 4.74 Å². The Labute approximate surface area is 123 Å². The SMILES string of the molecule is Cn1cc(CCOc2ccc(Br)c(CBr)c2)cn1. The van der Waals surface area contributed by atoms with Crippen LogP contribution in [0.5, 0.6) is 5.75 Å². The first-order valence-electron chi connectivity index (χ1n) is 5.64. The van der Waals surface area contributed by atoms with Gasteiger partial charge in [0.15, 0.2) is 0 Å². The van der Waals surface area contributed by atoms with Gasteiger partial charge in [0.2, 0.25) is 0 Å². The molecule has 0 aliphatic rings. The monoisotopic (exact) mass is 372 g/mol. The molecule has 0 saturated heterocycles. The molecule has 18 heavy (non-hydrogen) atoms. The van der Waals surface area contributed by atoms with Crippen molar-refractivity contribution in [2.45, 2.75) is 11.8 Å². The van der Waals surface area contributed by atoms with E-state index in [0.29, 0.717) is 6.61 Å². The topological polar surface area (TPSA) is 27.1 Å². The van der Waals surface area contributed by atoms with E-state index in [0.717, 1.165) is 22.0 Å². The van der Waals surface area contributed by atoms with Gasteiger partial charge in [0.25, 0.3) is 0 Å². The van der Waals surface area contributed by atoms with Crippen molar-refractivity contribution in [3.05, 3.63) is 46.2 Å². The van der Waals surface area contributed by atoms with Crippen molar-refractivity contribution in [1.29, 1.82) is 0 Å². The number of benzene rings is 1. The molecule has 2 rings (SSSR count). The van der Waals surface area contributed by atoms with Crippen LogP contribution >= 0.6 is 31.9 Å². The van der Waals surface area contributed by atoms with Crippen molar-refractivity contribution in [1.82, 2.24) is 9.78 Å². The molecule has 1 aromatic carbocycles. The number of aromatic nitrogens is 2. The Morgan fingerprint density at radius 1 is 1.39 bits per heavy atom. The number of nitrogens with zero attached hydrogens (tertiary/aromatic N) is 2. The van der Waals surface area contributed by atoms with Crippen LogP contribution in [0.25, 0.3) is 0 Å². The normalized spacial score (nSPS) is 10.6. The molecule has 1 heterocycles. The van der Waals surface area contributed by atoms with E-state index in [9.17, 15) is 0 Å². The lowest BCUT2D eigenvalue weighted by atomic mass is 10.2. The summed E-state index contributed by atoms with van der Waals surface area (Å²) in [6.45, 7) is 0.662. The van der Waals surface area contributed by atoms with Crippen LogP contribution in [0.2, 0.25) is 0 Å². The van der Waals surface area contributed by atoms with Crippen molar-refractivity contribution in [2.24, 2.45) is 7.05 Å². The number of aryl methyl sites for hydroxylation is 1. The van der Waals surface area contributed by atoms with Gasteiger partial charge in [-0.3, -0.25) is 4.68 Å². The summed E-state index contributed by atoms with van der Waals surface area (Å²) >= 11 is 6.96. The Balaban J connectivity index is 1.90. The van der Waals surface area contributed by atoms with Gasteiger partial charge in [0.05, 0.1) is 12.8 Å². The molecule has 5 heteroatoms. The van der Waals surface area contributed by atoms with Crippen LogP contribution in [-0.2, 0) is 18.8 Å². The molecular weight excluding hydrogens is 360 g/mol. The summed E-state index contributed by atoms with van der Waals surface area (Å²) in [6.07, 6.45) is 4.75. The smallest absolute Gasteiger partial charge is 0.119 e. The Morgan fingerprint density at radius 2 is 2.22 bits per heavy atom. The predicted octanol–water partition coefficient (Wildman–Crippen LogP) is 3.70. The molecule has 0 saturated carbocycles. The molecular formula is C13H14Br2N2O. The quantitative estimate of drug-likeness (QED) is 0.747. The number of alkyl halides is 1. The Kier molecular flexibility index (Phi) is 4.83. The van der Waals surface area contributed by atoms with Crippen LogP contribution in [-0.4, -0.2) is 16.4 Å². The minimum atomic E-state index is 0.662. The lowest BCUT2D eigenvalue weighted by Gasteiger charge is -2.07. The fourth-order valence-electron chi connectivity index (χ4n) is 1.63. The first-order chi connectivity index (χ1) is 8.69. The highest BCUT2D eigenvalue weighted by Crippen LogP contribution is 2.24. The molecule has 0 aliphatic heterocycles. The maximum absolute atomic E-state index is 5.74. The van der Waals surface area contributed by atoms with E-state index in [1.54, 1.807) is 4.68 Å². The summed E-state index contributed by atoms with van der Waals surface area (Å²) < 4.78 is 8.64. The molecule has 0 fully saturated rings. The standard InChI is InChI=1S/C13H14Br2N2O/c1-17-9-10(8-16-17)4-5-18-12-2-3-13(15)11(6-12)7-14/h2-3,6,8-9H,4-5,7H2,1H3. The summed E-state index contributed by atoms with van der Waals surface area (Å²) in [7, 11) is 1.92. The highest BCUT2D eigenvalue weighted by molar-refractivity contribution is 9.10. The number of hydrogen-bond acceptors (Lipinski definition) is 2. The zero-order valence-electron chi connectivity index (χ0n) is 10.1. The van der Waals surface area contributed by atoms with E-state index < -0.39 is 0 Å². The van der Waals surface area contributed by atoms with E-state index in [1.807, 2.05) is 37.6 Å². The maximum atomic E-state index is 5.74. The minimum absolute atomic E-state index is 0.662. The zero-order valence-corrected chi connectivity index (χ0v) is 13.2. The first kappa shape index (κ1) is 13.6. The van der Waals surface area contributed by atoms with E-state index in [4.69, 9.17) is 4.74 Å². The molecule has 0 radical (unpaired) electrons. The lowest BCUT2D eigenvalue weighted by molar-refractivity contribution is 0.321. The van der Waals surface area contributed by atoms with Gasteiger partial charge in [-0.25, -0.2) is 0 Å². The molecule has 0 N–H and O–H groups in total. The summed E-state index contributed by atoms with van der Waals surface area (Å²) in [5, 5.41) is 4.94. The second-order valence-electron chi connectivity index (χ2n) is 4.01. The first-order valence-corrected chi connectivity index (χ1v) is 7.55. The second-order valence-corrected chi connectivity index (χ2v) is 5.42. The molecule has 2 aromatic rings. The fraction of sp³-hybridized carbons (Fsp3) is 0.308. The molecule has 0 spiro atoms. The highest BCUT2D eigenvalue weighted by atomic mass is 79.9. The molecule has 3 nitrogen and oxygen atoms in total. The number of halogens is 2. The number of hydrogen-bond donors (Lipinski definition) is 0. The van der Waals surface area contributed by atoms with E-state index >= 15 is 0 Å². The van der Waals surface area contributed by atoms with Crippen molar-refractivity contribution in [3.63, 3.8) is 0 Å². The van der Waals surface area contributed by atoms with E-state index in [1.165, 1.54) is 11.1 Å². The van der Waals surface area contributed by atoms with Crippen LogP contribution in [0.15, 0.2) is 35.1 Å². The summed E-state index contributed by atoms with van der Waals surface area (Å²) in [5.74, 6) is 0.900. The van der Waals surface area contributed by atoms with Crippen LogP contribution in [0.3, 0.4) is 0 Å². The van der Waals surface area contributed by atoms with Gasteiger partial charge in [-0.15, -0.1) is 0 Å². The van der Waals surface area contributed by atoms with Crippen molar-refractivity contribution >= 4 is 31.9 Å². The van der Waals surface area contributed by atoms with Crippen LogP contribution < -0.4 is 4.74 Å². The minimum Gasteiger partial charge on any atom is -0.493 e.